The summed E-state index contributed by atoms with van der Waals surface area (Å²) in [6, 6.07) is 6.88. The van der Waals surface area contributed by atoms with Crippen molar-refractivity contribution in [3.8, 4) is 0 Å². The summed E-state index contributed by atoms with van der Waals surface area (Å²) in [4.78, 5) is 0. The van der Waals surface area contributed by atoms with Crippen LogP contribution in [0.25, 0.3) is 0 Å². The van der Waals surface area contributed by atoms with Gasteiger partial charge in [-0.3, -0.25) is 0 Å². The molecule has 3 N–H and O–H groups in total. The van der Waals surface area contributed by atoms with E-state index in [1.165, 1.54) is 15.6 Å². The smallest absolute Gasteiger partial charge is 0.0220 e. The number of nitrogens with two attached hydrogens (primary N) is 1. The molecule has 3 heteroatoms. The Kier molecular flexibility index (Phi) is 5.29. The largest absolute Gasteiger partial charge is 0.330 e. The highest BCUT2D eigenvalue weighted by Gasteiger charge is 2.03. The highest BCUT2D eigenvalue weighted by Crippen LogP contribution is 2.17. The number of aryl methyl sites for hydroxylation is 1. The van der Waals surface area contributed by atoms with Crippen LogP contribution >= 0.6 is 15.9 Å². The van der Waals surface area contributed by atoms with E-state index in [1.807, 2.05) is 0 Å². The molecule has 0 saturated heterocycles. The highest BCUT2D eigenvalue weighted by molar-refractivity contribution is 9.10. The summed E-state index contributed by atoms with van der Waals surface area (Å²) in [5.41, 5.74) is 8.10. The van der Waals surface area contributed by atoms with E-state index in [1.54, 1.807) is 0 Å². The van der Waals surface area contributed by atoms with E-state index in [0.717, 1.165) is 19.5 Å². The van der Waals surface area contributed by atoms with Crippen LogP contribution in [-0.2, 0) is 6.54 Å². The lowest BCUT2D eigenvalue weighted by atomic mass is 10.1. The molecular weight excluding hydrogens is 252 g/mol. The Morgan fingerprint density at radius 2 is 2.20 bits per heavy atom. The minimum atomic E-state index is 0.474. The van der Waals surface area contributed by atoms with E-state index < -0.39 is 0 Å². The van der Waals surface area contributed by atoms with Gasteiger partial charge in [-0.15, -0.1) is 0 Å². The second kappa shape index (κ2) is 6.26. The van der Waals surface area contributed by atoms with Crippen molar-refractivity contribution in [2.24, 2.45) is 5.73 Å². The minimum absolute atomic E-state index is 0.474. The van der Waals surface area contributed by atoms with Gasteiger partial charge in [-0.1, -0.05) is 33.6 Å². The molecule has 0 heterocycles. The van der Waals surface area contributed by atoms with E-state index in [-0.39, 0.29) is 0 Å². The van der Waals surface area contributed by atoms with Crippen LogP contribution in [0.2, 0.25) is 0 Å². The Labute approximate surface area is 100 Å². The topological polar surface area (TPSA) is 38.0 Å². The van der Waals surface area contributed by atoms with Crippen molar-refractivity contribution in [1.29, 1.82) is 0 Å². The minimum Gasteiger partial charge on any atom is -0.330 e. The Hall–Kier alpha value is -0.380. The fraction of sp³-hybridized carbons (Fsp3) is 0.500. The van der Waals surface area contributed by atoms with Gasteiger partial charge in [-0.25, -0.2) is 0 Å². The number of hydrogen-bond donors (Lipinski definition) is 2. The predicted octanol–water partition coefficient (Wildman–Crippen LogP) is 2.58. The van der Waals surface area contributed by atoms with Crippen LogP contribution in [0.5, 0.6) is 0 Å². The maximum atomic E-state index is 5.50. The number of rotatable bonds is 5. The summed E-state index contributed by atoms with van der Waals surface area (Å²) in [6.07, 6.45) is 1.02. The first-order valence-electron chi connectivity index (χ1n) is 5.32. The molecule has 0 radical (unpaired) electrons. The first kappa shape index (κ1) is 12.7. The maximum absolute atomic E-state index is 5.50. The molecule has 0 amide bonds. The Balaban J connectivity index is 2.53. The van der Waals surface area contributed by atoms with Crippen LogP contribution in [0.4, 0.5) is 0 Å². The zero-order valence-electron chi connectivity index (χ0n) is 9.39. The molecule has 1 rings (SSSR count). The summed E-state index contributed by atoms with van der Waals surface area (Å²) >= 11 is 3.55. The van der Waals surface area contributed by atoms with Crippen molar-refractivity contribution in [1.82, 2.24) is 5.32 Å². The number of hydrogen-bond acceptors (Lipinski definition) is 2. The normalized spacial score (nSPS) is 12.8. The molecular formula is C12H19BrN2. The summed E-state index contributed by atoms with van der Waals surface area (Å²) < 4.78 is 1.17. The SMILES string of the molecule is Cc1ccc(Br)c(CNC(C)CCN)c1. The quantitative estimate of drug-likeness (QED) is 0.863. The van der Waals surface area contributed by atoms with Gasteiger partial charge in [0.2, 0.25) is 0 Å². The monoisotopic (exact) mass is 270 g/mol. The van der Waals surface area contributed by atoms with Gasteiger partial charge in [0, 0.05) is 17.1 Å². The molecule has 0 aliphatic heterocycles. The number of nitrogens with one attached hydrogen (secondary N) is 1. The van der Waals surface area contributed by atoms with Crippen molar-refractivity contribution in [2.45, 2.75) is 32.9 Å². The fourth-order valence-electron chi connectivity index (χ4n) is 1.48. The number of benzene rings is 1. The van der Waals surface area contributed by atoms with Gasteiger partial charge in [-0.2, -0.15) is 0 Å². The number of halogens is 1. The van der Waals surface area contributed by atoms with E-state index in [9.17, 15) is 0 Å². The lowest BCUT2D eigenvalue weighted by Crippen LogP contribution is -2.27. The van der Waals surface area contributed by atoms with Crippen molar-refractivity contribution in [3.63, 3.8) is 0 Å². The summed E-state index contributed by atoms with van der Waals surface area (Å²) in [5.74, 6) is 0. The van der Waals surface area contributed by atoms with E-state index in [2.05, 4.69) is 53.3 Å². The van der Waals surface area contributed by atoms with Gasteiger partial charge in [0.15, 0.2) is 0 Å². The lowest BCUT2D eigenvalue weighted by Gasteiger charge is -2.13. The van der Waals surface area contributed by atoms with E-state index >= 15 is 0 Å². The Morgan fingerprint density at radius 1 is 1.47 bits per heavy atom. The molecule has 0 fully saturated rings. The van der Waals surface area contributed by atoms with Crippen LogP contribution in [0.3, 0.4) is 0 Å². The van der Waals surface area contributed by atoms with Crippen molar-refractivity contribution >= 4 is 15.9 Å². The molecule has 84 valence electrons. The van der Waals surface area contributed by atoms with Crippen LogP contribution in [0.1, 0.15) is 24.5 Å². The highest BCUT2D eigenvalue weighted by atomic mass is 79.9. The summed E-state index contributed by atoms with van der Waals surface area (Å²) in [6.45, 7) is 5.91. The molecule has 1 atom stereocenters. The average molecular weight is 271 g/mol. The first-order chi connectivity index (χ1) is 7.13. The van der Waals surface area contributed by atoms with Gasteiger partial charge < -0.3 is 11.1 Å². The van der Waals surface area contributed by atoms with Crippen molar-refractivity contribution < 1.29 is 0 Å². The second-order valence-electron chi connectivity index (χ2n) is 3.95. The Bertz CT molecular complexity index is 312. The predicted molar refractivity (Wildman–Crippen MR) is 68.9 cm³/mol. The fourth-order valence-corrected chi connectivity index (χ4v) is 1.86. The standard InChI is InChI=1S/C12H19BrN2/c1-9-3-4-12(13)11(7-9)8-15-10(2)5-6-14/h3-4,7,10,15H,5-6,8,14H2,1-2H3. The molecule has 0 bridgehead atoms. The zero-order chi connectivity index (χ0) is 11.3. The molecule has 2 nitrogen and oxygen atoms in total. The molecule has 1 unspecified atom stereocenters. The third-order valence-corrected chi connectivity index (χ3v) is 3.22. The van der Waals surface area contributed by atoms with Gasteiger partial charge in [0.1, 0.15) is 0 Å². The molecule has 0 saturated carbocycles. The van der Waals surface area contributed by atoms with Crippen LogP contribution in [0.15, 0.2) is 22.7 Å². The molecule has 1 aromatic rings. The van der Waals surface area contributed by atoms with Crippen LogP contribution in [0, 0.1) is 6.92 Å². The molecule has 0 aliphatic carbocycles. The second-order valence-corrected chi connectivity index (χ2v) is 4.81. The van der Waals surface area contributed by atoms with Gasteiger partial charge in [0.05, 0.1) is 0 Å². The van der Waals surface area contributed by atoms with Crippen LogP contribution < -0.4 is 11.1 Å². The summed E-state index contributed by atoms with van der Waals surface area (Å²) in [7, 11) is 0. The molecule has 0 aromatic heterocycles. The Morgan fingerprint density at radius 3 is 2.87 bits per heavy atom. The van der Waals surface area contributed by atoms with Crippen molar-refractivity contribution in [2.75, 3.05) is 6.54 Å². The third kappa shape index (κ3) is 4.33. The van der Waals surface area contributed by atoms with Gasteiger partial charge in [-0.05, 0) is 38.4 Å². The zero-order valence-corrected chi connectivity index (χ0v) is 11.0. The third-order valence-electron chi connectivity index (χ3n) is 2.44. The van der Waals surface area contributed by atoms with Gasteiger partial charge >= 0.3 is 0 Å². The molecule has 0 spiro atoms. The molecule has 0 aliphatic rings. The maximum Gasteiger partial charge on any atom is 0.0220 e. The molecule has 1 aromatic carbocycles. The van der Waals surface area contributed by atoms with E-state index in [4.69, 9.17) is 5.73 Å². The van der Waals surface area contributed by atoms with Crippen LogP contribution in [-0.4, -0.2) is 12.6 Å². The van der Waals surface area contributed by atoms with Crippen molar-refractivity contribution in [3.05, 3.63) is 33.8 Å². The molecule has 15 heavy (non-hydrogen) atoms. The first-order valence-corrected chi connectivity index (χ1v) is 6.11. The summed E-state index contributed by atoms with van der Waals surface area (Å²) in [5, 5.41) is 3.46. The van der Waals surface area contributed by atoms with E-state index in [0.29, 0.717) is 6.04 Å². The van der Waals surface area contributed by atoms with Gasteiger partial charge in [0.25, 0.3) is 0 Å². The average Bonchev–Trinajstić information content (AvgIpc) is 2.20. The lowest BCUT2D eigenvalue weighted by molar-refractivity contribution is 0.519.